The van der Waals surface area contributed by atoms with Crippen molar-refractivity contribution < 1.29 is 0 Å². The van der Waals surface area contributed by atoms with Crippen molar-refractivity contribution >= 4 is 0 Å². The highest BCUT2D eigenvalue weighted by Crippen LogP contribution is 2.31. The summed E-state index contributed by atoms with van der Waals surface area (Å²) >= 11 is 0. The Kier molecular flexibility index (Phi) is 3.78. The van der Waals surface area contributed by atoms with Crippen molar-refractivity contribution in [3.8, 4) is 0 Å². The van der Waals surface area contributed by atoms with Crippen LogP contribution in [0.3, 0.4) is 0 Å². The Labute approximate surface area is 83.1 Å². The Morgan fingerprint density at radius 1 is 1.15 bits per heavy atom. The molecule has 0 aromatic heterocycles. The van der Waals surface area contributed by atoms with Gasteiger partial charge in [0.05, 0.1) is 0 Å². The number of rotatable bonds is 2. The van der Waals surface area contributed by atoms with Crippen LogP contribution in [0.25, 0.3) is 0 Å². The number of hydrogen-bond donors (Lipinski definition) is 1. The van der Waals surface area contributed by atoms with Crippen LogP contribution in [0.5, 0.6) is 0 Å². The quantitative estimate of drug-likeness (QED) is 0.698. The van der Waals surface area contributed by atoms with Gasteiger partial charge in [0, 0.05) is 6.04 Å². The van der Waals surface area contributed by atoms with Crippen LogP contribution >= 0.6 is 0 Å². The van der Waals surface area contributed by atoms with E-state index >= 15 is 0 Å². The van der Waals surface area contributed by atoms with Gasteiger partial charge in [-0.15, -0.1) is 0 Å². The smallest absolute Gasteiger partial charge is 0.00721 e. The van der Waals surface area contributed by atoms with Gasteiger partial charge in [-0.25, -0.2) is 0 Å². The fourth-order valence-electron chi connectivity index (χ4n) is 2.44. The minimum atomic E-state index is 0.400. The molecule has 1 aliphatic carbocycles. The first-order valence-electron chi connectivity index (χ1n) is 5.74. The van der Waals surface area contributed by atoms with Gasteiger partial charge in [-0.05, 0) is 30.6 Å². The van der Waals surface area contributed by atoms with Gasteiger partial charge in [-0.2, -0.15) is 0 Å². The van der Waals surface area contributed by atoms with E-state index in [-0.39, 0.29) is 0 Å². The minimum Gasteiger partial charge on any atom is -0.327 e. The number of nitrogens with two attached hydrogens (primary N) is 1. The lowest BCUT2D eigenvalue weighted by Crippen LogP contribution is -2.35. The molecule has 0 saturated heterocycles. The van der Waals surface area contributed by atoms with Gasteiger partial charge in [-0.1, -0.05) is 40.0 Å². The van der Waals surface area contributed by atoms with Crippen molar-refractivity contribution in [3.63, 3.8) is 0 Å². The third kappa shape index (κ3) is 4.12. The summed E-state index contributed by atoms with van der Waals surface area (Å²) in [5, 5.41) is 0. The standard InChI is InChI=1S/C12H25N/c1-12(2,3)9-11(13)10-7-5-4-6-8-10/h10-11H,4-9,13H2,1-3H3. The first-order chi connectivity index (χ1) is 5.99. The van der Waals surface area contributed by atoms with E-state index in [1.165, 1.54) is 38.5 Å². The molecule has 1 unspecified atom stereocenters. The SMILES string of the molecule is CC(C)(C)CC(N)C1CCCCC1. The second-order valence-electron chi connectivity index (χ2n) is 5.83. The van der Waals surface area contributed by atoms with Crippen LogP contribution < -0.4 is 5.73 Å². The Balaban J connectivity index is 2.33. The van der Waals surface area contributed by atoms with E-state index in [0.29, 0.717) is 11.5 Å². The zero-order valence-corrected chi connectivity index (χ0v) is 9.47. The lowest BCUT2D eigenvalue weighted by Gasteiger charge is -2.31. The van der Waals surface area contributed by atoms with Crippen LogP contribution in [0.1, 0.15) is 59.3 Å². The van der Waals surface area contributed by atoms with Crippen LogP contribution in [-0.2, 0) is 0 Å². The first-order valence-corrected chi connectivity index (χ1v) is 5.74. The van der Waals surface area contributed by atoms with Crippen LogP contribution in [0.15, 0.2) is 0 Å². The summed E-state index contributed by atoms with van der Waals surface area (Å²) in [5.74, 6) is 0.813. The van der Waals surface area contributed by atoms with E-state index in [2.05, 4.69) is 20.8 Å². The third-order valence-corrected chi connectivity index (χ3v) is 3.10. The lowest BCUT2D eigenvalue weighted by molar-refractivity contribution is 0.238. The van der Waals surface area contributed by atoms with Crippen molar-refractivity contribution in [2.75, 3.05) is 0 Å². The Morgan fingerprint density at radius 3 is 2.15 bits per heavy atom. The minimum absolute atomic E-state index is 0.400. The molecular formula is C12H25N. The van der Waals surface area contributed by atoms with Crippen LogP contribution in [0.2, 0.25) is 0 Å². The normalized spacial score (nSPS) is 23.1. The van der Waals surface area contributed by atoms with Crippen molar-refractivity contribution in [1.29, 1.82) is 0 Å². The summed E-state index contributed by atoms with van der Waals surface area (Å²) in [6.07, 6.45) is 8.16. The van der Waals surface area contributed by atoms with Gasteiger partial charge >= 0.3 is 0 Å². The van der Waals surface area contributed by atoms with E-state index in [1.54, 1.807) is 0 Å². The Morgan fingerprint density at radius 2 is 1.69 bits per heavy atom. The molecule has 1 heteroatoms. The van der Waals surface area contributed by atoms with Crippen LogP contribution in [0.4, 0.5) is 0 Å². The first kappa shape index (κ1) is 11.0. The highest BCUT2D eigenvalue weighted by atomic mass is 14.7. The van der Waals surface area contributed by atoms with Crippen molar-refractivity contribution in [3.05, 3.63) is 0 Å². The Bertz CT molecular complexity index is 140. The molecule has 13 heavy (non-hydrogen) atoms. The van der Waals surface area contributed by atoms with E-state index in [4.69, 9.17) is 5.73 Å². The van der Waals surface area contributed by atoms with Gasteiger partial charge < -0.3 is 5.73 Å². The van der Waals surface area contributed by atoms with Crippen molar-refractivity contribution in [1.82, 2.24) is 0 Å². The van der Waals surface area contributed by atoms with E-state index < -0.39 is 0 Å². The zero-order chi connectivity index (χ0) is 9.90. The van der Waals surface area contributed by atoms with E-state index in [0.717, 1.165) is 5.92 Å². The van der Waals surface area contributed by atoms with Gasteiger partial charge in [0.2, 0.25) is 0 Å². The molecule has 78 valence electrons. The molecular weight excluding hydrogens is 158 g/mol. The molecule has 1 nitrogen and oxygen atoms in total. The van der Waals surface area contributed by atoms with Gasteiger partial charge in [-0.3, -0.25) is 0 Å². The molecule has 0 heterocycles. The molecule has 0 radical (unpaired) electrons. The van der Waals surface area contributed by atoms with Gasteiger partial charge in [0.25, 0.3) is 0 Å². The third-order valence-electron chi connectivity index (χ3n) is 3.10. The predicted octanol–water partition coefficient (Wildman–Crippen LogP) is 3.33. The second kappa shape index (κ2) is 4.45. The largest absolute Gasteiger partial charge is 0.327 e. The molecule has 0 aliphatic heterocycles. The molecule has 0 aromatic carbocycles. The fraction of sp³-hybridized carbons (Fsp3) is 1.00. The molecule has 1 aliphatic rings. The maximum atomic E-state index is 6.23. The summed E-state index contributed by atoms with van der Waals surface area (Å²) < 4.78 is 0. The molecule has 1 atom stereocenters. The molecule has 0 aromatic rings. The monoisotopic (exact) mass is 183 g/mol. The van der Waals surface area contributed by atoms with E-state index in [1.807, 2.05) is 0 Å². The maximum absolute atomic E-state index is 6.23. The summed E-state index contributed by atoms with van der Waals surface area (Å²) in [4.78, 5) is 0. The van der Waals surface area contributed by atoms with Crippen molar-refractivity contribution in [2.45, 2.75) is 65.3 Å². The molecule has 1 saturated carbocycles. The molecule has 0 spiro atoms. The molecule has 1 fully saturated rings. The van der Waals surface area contributed by atoms with E-state index in [9.17, 15) is 0 Å². The second-order valence-corrected chi connectivity index (χ2v) is 5.83. The molecule has 2 N–H and O–H groups in total. The average molecular weight is 183 g/mol. The lowest BCUT2D eigenvalue weighted by atomic mass is 9.77. The van der Waals surface area contributed by atoms with Gasteiger partial charge in [0.1, 0.15) is 0 Å². The number of hydrogen-bond acceptors (Lipinski definition) is 1. The fourth-order valence-corrected chi connectivity index (χ4v) is 2.44. The summed E-state index contributed by atoms with van der Waals surface area (Å²) in [7, 11) is 0. The maximum Gasteiger partial charge on any atom is 0.00721 e. The average Bonchev–Trinajstić information content (AvgIpc) is 2.03. The predicted molar refractivity (Wildman–Crippen MR) is 58.6 cm³/mol. The van der Waals surface area contributed by atoms with Crippen molar-refractivity contribution in [2.24, 2.45) is 17.1 Å². The van der Waals surface area contributed by atoms with Crippen LogP contribution in [-0.4, -0.2) is 6.04 Å². The molecule has 0 amide bonds. The highest BCUT2D eigenvalue weighted by Gasteiger charge is 2.24. The Hall–Kier alpha value is -0.0400. The van der Waals surface area contributed by atoms with Gasteiger partial charge in [0.15, 0.2) is 0 Å². The zero-order valence-electron chi connectivity index (χ0n) is 9.47. The molecule has 0 bridgehead atoms. The molecule has 1 rings (SSSR count). The van der Waals surface area contributed by atoms with Crippen LogP contribution in [0, 0.1) is 11.3 Å². The topological polar surface area (TPSA) is 26.0 Å². The summed E-state index contributed by atoms with van der Waals surface area (Å²) in [6, 6.07) is 0.445. The summed E-state index contributed by atoms with van der Waals surface area (Å²) in [6.45, 7) is 6.86. The summed E-state index contributed by atoms with van der Waals surface area (Å²) in [5.41, 5.74) is 6.63. The highest BCUT2D eigenvalue weighted by molar-refractivity contribution is 4.80.